The zero-order valence-electron chi connectivity index (χ0n) is 11.0. The number of likely N-dealkylation sites (N-methyl/N-ethyl adjacent to an activating group) is 1. The van der Waals surface area contributed by atoms with Crippen LogP contribution in [-0.2, 0) is 15.1 Å². The van der Waals surface area contributed by atoms with Gasteiger partial charge in [-0.3, -0.25) is 5.32 Å². The fourth-order valence-corrected chi connectivity index (χ4v) is 2.38. The molecule has 0 radical (unpaired) electrons. The molecule has 0 amide bonds. The molecular formula is C13H16Cl2FNO2. The number of carbonyl (C=O) groups excluding carboxylic acids is 1. The highest BCUT2D eigenvalue weighted by molar-refractivity contribution is 6.35. The Bertz CT molecular complexity index is 482. The third-order valence-electron chi connectivity index (χ3n) is 2.76. The van der Waals surface area contributed by atoms with E-state index in [0.717, 1.165) is 6.07 Å². The predicted molar refractivity (Wildman–Crippen MR) is 74.1 cm³/mol. The fraction of sp³-hybridized carbons (Fsp3) is 0.462. The summed E-state index contributed by atoms with van der Waals surface area (Å²) in [5.41, 5.74) is -0.913. The van der Waals surface area contributed by atoms with Crippen molar-refractivity contribution in [1.29, 1.82) is 0 Å². The molecule has 1 rings (SSSR count). The van der Waals surface area contributed by atoms with E-state index in [4.69, 9.17) is 27.9 Å². The number of ether oxygens (including phenoxy) is 1. The Hall–Kier alpha value is -0.840. The number of benzene rings is 1. The second-order valence-electron chi connectivity index (χ2n) is 4.12. The van der Waals surface area contributed by atoms with Crippen LogP contribution in [0, 0.1) is 5.82 Å². The number of hydrogen-bond donors (Lipinski definition) is 1. The van der Waals surface area contributed by atoms with Crippen molar-refractivity contribution in [3.05, 3.63) is 33.6 Å². The lowest BCUT2D eigenvalue weighted by Gasteiger charge is -2.29. The van der Waals surface area contributed by atoms with Crippen molar-refractivity contribution < 1.29 is 13.9 Å². The summed E-state index contributed by atoms with van der Waals surface area (Å²) in [6, 6.07) is 2.44. The summed E-state index contributed by atoms with van der Waals surface area (Å²) in [6.07, 6.45) is 0. The molecule has 0 aliphatic carbocycles. The van der Waals surface area contributed by atoms with E-state index in [2.05, 4.69) is 5.32 Å². The monoisotopic (exact) mass is 307 g/mol. The quantitative estimate of drug-likeness (QED) is 0.668. The molecular weight excluding hydrogens is 292 g/mol. The molecule has 1 unspecified atom stereocenters. The van der Waals surface area contributed by atoms with Gasteiger partial charge < -0.3 is 4.74 Å². The minimum atomic E-state index is -1.22. The lowest BCUT2D eigenvalue weighted by Crippen LogP contribution is -2.48. The highest BCUT2D eigenvalue weighted by atomic mass is 35.5. The van der Waals surface area contributed by atoms with E-state index in [-0.39, 0.29) is 16.7 Å². The molecule has 1 aromatic carbocycles. The maximum Gasteiger partial charge on any atom is 0.330 e. The summed E-state index contributed by atoms with van der Waals surface area (Å²) in [5.74, 6) is -1.14. The van der Waals surface area contributed by atoms with Gasteiger partial charge >= 0.3 is 5.97 Å². The van der Waals surface area contributed by atoms with Gasteiger partial charge in [-0.25, -0.2) is 9.18 Å². The highest BCUT2D eigenvalue weighted by Gasteiger charge is 2.38. The molecule has 0 aromatic heterocycles. The largest absolute Gasteiger partial charge is 0.464 e. The molecule has 0 fully saturated rings. The topological polar surface area (TPSA) is 38.3 Å². The predicted octanol–water partition coefficient (Wildman–Crippen LogP) is 3.52. The van der Waals surface area contributed by atoms with E-state index in [1.54, 1.807) is 13.8 Å². The van der Waals surface area contributed by atoms with Gasteiger partial charge in [0.1, 0.15) is 11.4 Å². The molecule has 0 aliphatic rings. The number of rotatable bonds is 5. The Morgan fingerprint density at radius 2 is 2.00 bits per heavy atom. The van der Waals surface area contributed by atoms with Crippen LogP contribution in [0.25, 0.3) is 0 Å². The zero-order chi connectivity index (χ0) is 14.6. The minimum absolute atomic E-state index is 0.0866. The van der Waals surface area contributed by atoms with Crippen LogP contribution < -0.4 is 5.32 Å². The summed E-state index contributed by atoms with van der Waals surface area (Å²) >= 11 is 11.7. The molecule has 106 valence electrons. The molecule has 1 aromatic rings. The normalized spacial score (nSPS) is 14.0. The summed E-state index contributed by atoms with van der Waals surface area (Å²) in [6.45, 7) is 5.86. The molecule has 0 saturated heterocycles. The van der Waals surface area contributed by atoms with Crippen molar-refractivity contribution in [2.75, 3.05) is 13.2 Å². The average molecular weight is 308 g/mol. The van der Waals surface area contributed by atoms with Crippen molar-refractivity contribution in [3.8, 4) is 0 Å². The van der Waals surface area contributed by atoms with Gasteiger partial charge in [-0.15, -0.1) is 0 Å². The lowest BCUT2D eigenvalue weighted by atomic mass is 9.91. The third kappa shape index (κ3) is 3.38. The standard InChI is InChI=1S/C13H16Cl2FNO2/c1-4-17-13(3,12(18)19-5-2)8-6-11(16)10(15)7-9(8)14/h6-7,17H,4-5H2,1-3H3. The third-order valence-corrected chi connectivity index (χ3v) is 3.37. The van der Waals surface area contributed by atoms with Gasteiger partial charge in [0.15, 0.2) is 0 Å². The van der Waals surface area contributed by atoms with E-state index >= 15 is 0 Å². The molecule has 19 heavy (non-hydrogen) atoms. The SMILES string of the molecule is CCNC(C)(C(=O)OCC)c1cc(F)c(Cl)cc1Cl. The molecule has 6 heteroatoms. The fourth-order valence-electron chi connectivity index (χ4n) is 1.81. The second-order valence-corrected chi connectivity index (χ2v) is 4.94. The van der Waals surface area contributed by atoms with Crippen molar-refractivity contribution in [3.63, 3.8) is 0 Å². The number of esters is 1. The molecule has 1 N–H and O–H groups in total. The molecule has 0 heterocycles. The number of nitrogens with one attached hydrogen (secondary N) is 1. The van der Waals surface area contributed by atoms with Crippen LogP contribution in [0.15, 0.2) is 12.1 Å². The Labute approximate surface area is 122 Å². The van der Waals surface area contributed by atoms with Crippen LogP contribution in [0.2, 0.25) is 10.0 Å². The van der Waals surface area contributed by atoms with Crippen molar-refractivity contribution >= 4 is 29.2 Å². The Balaban J connectivity index is 3.33. The Kier molecular flexibility index (Phi) is 5.59. The van der Waals surface area contributed by atoms with Gasteiger partial charge in [-0.2, -0.15) is 0 Å². The van der Waals surface area contributed by atoms with Crippen LogP contribution in [0.4, 0.5) is 4.39 Å². The van der Waals surface area contributed by atoms with Crippen LogP contribution >= 0.6 is 23.2 Å². The van der Waals surface area contributed by atoms with Gasteiger partial charge in [0.05, 0.1) is 11.6 Å². The molecule has 1 atom stereocenters. The van der Waals surface area contributed by atoms with Gasteiger partial charge in [0.25, 0.3) is 0 Å². The number of carbonyl (C=O) groups is 1. The lowest BCUT2D eigenvalue weighted by molar-refractivity contribution is -0.151. The summed E-state index contributed by atoms with van der Waals surface area (Å²) in [7, 11) is 0. The maximum absolute atomic E-state index is 13.6. The summed E-state index contributed by atoms with van der Waals surface area (Å²) in [5, 5.41) is 3.10. The van der Waals surface area contributed by atoms with Gasteiger partial charge in [0.2, 0.25) is 0 Å². The minimum Gasteiger partial charge on any atom is -0.464 e. The molecule has 0 bridgehead atoms. The summed E-state index contributed by atoms with van der Waals surface area (Å²) in [4.78, 5) is 12.1. The van der Waals surface area contributed by atoms with E-state index in [1.165, 1.54) is 6.07 Å². The van der Waals surface area contributed by atoms with Crippen LogP contribution in [0.3, 0.4) is 0 Å². The number of halogens is 3. The van der Waals surface area contributed by atoms with E-state index in [1.807, 2.05) is 6.92 Å². The Morgan fingerprint density at radius 1 is 1.37 bits per heavy atom. The van der Waals surface area contributed by atoms with Crippen LogP contribution in [-0.4, -0.2) is 19.1 Å². The van der Waals surface area contributed by atoms with Gasteiger partial charge in [0, 0.05) is 10.6 Å². The van der Waals surface area contributed by atoms with E-state index < -0.39 is 17.3 Å². The first-order valence-corrected chi connectivity index (χ1v) is 6.69. The van der Waals surface area contributed by atoms with Gasteiger partial charge in [-0.05, 0) is 32.5 Å². The van der Waals surface area contributed by atoms with Crippen molar-refractivity contribution in [2.45, 2.75) is 26.3 Å². The number of hydrogen-bond acceptors (Lipinski definition) is 3. The first kappa shape index (κ1) is 16.2. The second kappa shape index (κ2) is 6.55. The first-order chi connectivity index (χ1) is 8.86. The average Bonchev–Trinajstić information content (AvgIpc) is 2.34. The van der Waals surface area contributed by atoms with E-state index in [9.17, 15) is 9.18 Å². The smallest absolute Gasteiger partial charge is 0.330 e. The molecule has 0 aliphatic heterocycles. The first-order valence-electron chi connectivity index (χ1n) is 5.94. The summed E-state index contributed by atoms with van der Waals surface area (Å²) < 4.78 is 18.6. The van der Waals surface area contributed by atoms with Gasteiger partial charge in [-0.1, -0.05) is 30.1 Å². The molecule has 0 spiro atoms. The van der Waals surface area contributed by atoms with Crippen molar-refractivity contribution in [1.82, 2.24) is 5.32 Å². The highest BCUT2D eigenvalue weighted by Crippen LogP contribution is 2.33. The van der Waals surface area contributed by atoms with Crippen molar-refractivity contribution in [2.24, 2.45) is 0 Å². The van der Waals surface area contributed by atoms with Crippen LogP contribution in [0.1, 0.15) is 26.3 Å². The van der Waals surface area contributed by atoms with E-state index in [0.29, 0.717) is 12.1 Å². The Morgan fingerprint density at radius 3 is 2.53 bits per heavy atom. The zero-order valence-corrected chi connectivity index (χ0v) is 12.5. The molecule has 0 saturated carbocycles. The molecule has 3 nitrogen and oxygen atoms in total. The maximum atomic E-state index is 13.6. The van der Waals surface area contributed by atoms with Crippen LogP contribution in [0.5, 0.6) is 0 Å².